The van der Waals surface area contributed by atoms with Crippen molar-refractivity contribution < 1.29 is 4.74 Å². The van der Waals surface area contributed by atoms with Gasteiger partial charge in [0.15, 0.2) is 0 Å². The van der Waals surface area contributed by atoms with Crippen LogP contribution in [0.3, 0.4) is 0 Å². The van der Waals surface area contributed by atoms with Crippen LogP contribution in [0, 0.1) is 5.92 Å². The molecular formula is C15H22N2O. The molecule has 0 aromatic heterocycles. The smallest absolute Gasteiger partial charge is 0.142 e. The lowest BCUT2D eigenvalue weighted by molar-refractivity contribution is 0.247. The number of hydrogen-bond donors (Lipinski definition) is 1. The highest BCUT2D eigenvalue weighted by Gasteiger charge is 2.29. The Morgan fingerprint density at radius 1 is 1.44 bits per heavy atom. The standard InChI is InChI=1S/C15H22N2O/c1-11(2)7-12-3-4-14-15(8-12)18-10-13-9-16-5-6-17(13)14/h3-4,8,11,13,16H,5-7,9-10H2,1-2H3. The summed E-state index contributed by atoms with van der Waals surface area (Å²) in [4.78, 5) is 2.49. The molecule has 1 fully saturated rings. The molecule has 1 unspecified atom stereocenters. The number of benzene rings is 1. The van der Waals surface area contributed by atoms with E-state index in [1.807, 2.05) is 0 Å². The summed E-state index contributed by atoms with van der Waals surface area (Å²) in [5, 5.41) is 3.43. The SMILES string of the molecule is CC(C)Cc1ccc2c(c1)OCC1CNCCN21. The second-order valence-corrected chi connectivity index (χ2v) is 5.76. The van der Waals surface area contributed by atoms with E-state index in [-0.39, 0.29) is 0 Å². The molecular weight excluding hydrogens is 224 g/mol. The van der Waals surface area contributed by atoms with Crippen molar-refractivity contribution in [2.75, 3.05) is 31.1 Å². The molecule has 1 saturated heterocycles. The average molecular weight is 246 g/mol. The molecule has 0 aliphatic carbocycles. The van der Waals surface area contributed by atoms with Crippen molar-refractivity contribution in [1.29, 1.82) is 0 Å². The Morgan fingerprint density at radius 2 is 2.33 bits per heavy atom. The van der Waals surface area contributed by atoms with E-state index in [0.29, 0.717) is 12.0 Å². The molecule has 0 amide bonds. The van der Waals surface area contributed by atoms with E-state index in [9.17, 15) is 0 Å². The molecule has 1 N–H and O–H groups in total. The normalized spacial score (nSPS) is 22.4. The van der Waals surface area contributed by atoms with Gasteiger partial charge in [0, 0.05) is 19.6 Å². The first-order valence-corrected chi connectivity index (χ1v) is 6.97. The quantitative estimate of drug-likeness (QED) is 0.864. The second kappa shape index (κ2) is 4.81. The second-order valence-electron chi connectivity index (χ2n) is 5.76. The van der Waals surface area contributed by atoms with E-state index >= 15 is 0 Å². The van der Waals surface area contributed by atoms with Gasteiger partial charge in [0.05, 0.1) is 11.7 Å². The van der Waals surface area contributed by atoms with Gasteiger partial charge in [0.25, 0.3) is 0 Å². The van der Waals surface area contributed by atoms with E-state index < -0.39 is 0 Å². The summed E-state index contributed by atoms with van der Waals surface area (Å²) in [5.41, 5.74) is 2.66. The number of rotatable bonds is 2. The Kier molecular flexibility index (Phi) is 3.16. The van der Waals surface area contributed by atoms with Crippen molar-refractivity contribution in [3.05, 3.63) is 23.8 Å². The van der Waals surface area contributed by atoms with Crippen molar-refractivity contribution >= 4 is 5.69 Å². The number of fused-ring (bicyclic) bond motifs is 3. The minimum absolute atomic E-state index is 0.502. The predicted molar refractivity (Wildman–Crippen MR) is 74.5 cm³/mol. The maximum absolute atomic E-state index is 5.93. The summed E-state index contributed by atoms with van der Waals surface area (Å²) >= 11 is 0. The fourth-order valence-corrected chi connectivity index (χ4v) is 2.92. The van der Waals surface area contributed by atoms with Crippen LogP contribution in [0.1, 0.15) is 19.4 Å². The maximum atomic E-state index is 5.93. The summed E-state index contributed by atoms with van der Waals surface area (Å²) in [6.07, 6.45) is 1.13. The summed E-state index contributed by atoms with van der Waals surface area (Å²) in [7, 11) is 0. The highest BCUT2D eigenvalue weighted by atomic mass is 16.5. The largest absolute Gasteiger partial charge is 0.489 e. The first kappa shape index (κ1) is 11.8. The van der Waals surface area contributed by atoms with Gasteiger partial charge in [-0.05, 0) is 30.0 Å². The summed E-state index contributed by atoms with van der Waals surface area (Å²) in [6.45, 7) is 8.52. The molecule has 0 saturated carbocycles. The predicted octanol–water partition coefficient (Wildman–Crippen LogP) is 2.06. The van der Waals surface area contributed by atoms with Gasteiger partial charge >= 0.3 is 0 Å². The lowest BCUT2D eigenvalue weighted by Crippen LogP contribution is -2.55. The van der Waals surface area contributed by atoms with Gasteiger partial charge in [-0.3, -0.25) is 0 Å². The van der Waals surface area contributed by atoms with Gasteiger partial charge in [-0.25, -0.2) is 0 Å². The van der Waals surface area contributed by atoms with Crippen molar-refractivity contribution in [1.82, 2.24) is 5.32 Å². The zero-order chi connectivity index (χ0) is 12.5. The van der Waals surface area contributed by atoms with Crippen LogP contribution in [0.5, 0.6) is 5.75 Å². The van der Waals surface area contributed by atoms with Crippen LogP contribution in [-0.2, 0) is 6.42 Å². The molecule has 3 nitrogen and oxygen atoms in total. The average Bonchev–Trinajstić information content (AvgIpc) is 2.37. The molecule has 2 aliphatic heterocycles. The molecule has 0 radical (unpaired) electrons. The van der Waals surface area contributed by atoms with Gasteiger partial charge in [-0.15, -0.1) is 0 Å². The topological polar surface area (TPSA) is 24.5 Å². The van der Waals surface area contributed by atoms with Gasteiger partial charge < -0.3 is 15.0 Å². The zero-order valence-corrected chi connectivity index (χ0v) is 11.3. The van der Waals surface area contributed by atoms with Crippen molar-refractivity contribution in [2.24, 2.45) is 5.92 Å². The highest BCUT2D eigenvalue weighted by molar-refractivity contribution is 5.62. The summed E-state index contributed by atoms with van der Waals surface area (Å²) < 4.78 is 5.93. The molecule has 2 aliphatic rings. The van der Waals surface area contributed by atoms with Crippen LogP contribution >= 0.6 is 0 Å². The van der Waals surface area contributed by atoms with Crippen LogP contribution in [0.15, 0.2) is 18.2 Å². The number of anilines is 1. The third-order valence-electron chi connectivity index (χ3n) is 3.76. The Hall–Kier alpha value is -1.22. The first-order valence-electron chi connectivity index (χ1n) is 6.97. The van der Waals surface area contributed by atoms with E-state index in [4.69, 9.17) is 4.74 Å². The lowest BCUT2D eigenvalue weighted by Gasteiger charge is -2.42. The molecule has 98 valence electrons. The molecule has 3 heteroatoms. The Morgan fingerprint density at radius 3 is 3.17 bits per heavy atom. The number of nitrogens with zero attached hydrogens (tertiary/aromatic N) is 1. The molecule has 3 rings (SSSR count). The molecule has 1 aromatic carbocycles. The molecule has 1 atom stereocenters. The van der Waals surface area contributed by atoms with E-state index in [0.717, 1.165) is 38.4 Å². The third kappa shape index (κ3) is 2.19. The third-order valence-corrected chi connectivity index (χ3v) is 3.76. The van der Waals surface area contributed by atoms with Crippen molar-refractivity contribution in [2.45, 2.75) is 26.3 Å². The van der Waals surface area contributed by atoms with E-state index in [2.05, 4.69) is 42.3 Å². The zero-order valence-electron chi connectivity index (χ0n) is 11.3. The molecule has 0 spiro atoms. The van der Waals surface area contributed by atoms with Crippen LogP contribution in [0.2, 0.25) is 0 Å². The summed E-state index contributed by atoms with van der Waals surface area (Å²) in [5.74, 6) is 1.77. The van der Waals surface area contributed by atoms with Gasteiger partial charge in [-0.1, -0.05) is 19.9 Å². The minimum atomic E-state index is 0.502. The van der Waals surface area contributed by atoms with Crippen molar-refractivity contribution in [3.63, 3.8) is 0 Å². The lowest BCUT2D eigenvalue weighted by atomic mass is 10.0. The number of hydrogen-bond acceptors (Lipinski definition) is 3. The van der Waals surface area contributed by atoms with Crippen molar-refractivity contribution in [3.8, 4) is 5.75 Å². The minimum Gasteiger partial charge on any atom is -0.489 e. The maximum Gasteiger partial charge on any atom is 0.142 e. The van der Waals surface area contributed by atoms with Crippen LogP contribution < -0.4 is 15.0 Å². The van der Waals surface area contributed by atoms with Crippen LogP contribution in [-0.4, -0.2) is 32.3 Å². The number of ether oxygens (including phenoxy) is 1. The van der Waals surface area contributed by atoms with Crippen LogP contribution in [0.4, 0.5) is 5.69 Å². The fourth-order valence-electron chi connectivity index (χ4n) is 2.92. The van der Waals surface area contributed by atoms with E-state index in [1.54, 1.807) is 0 Å². The Balaban J connectivity index is 1.86. The fraction of sp³-hybridized carbons (Fsp3) is 0.600. The van der Waals surface area contributed by atoms with Crippen LogP contribution in [0.25, 0.3) is 0 Å². The molecule has 2 heterocycles. The Bertz CT molecular complexity index is 431. The monoisotopic (exact) mass is 246 g/mol. The molecule has 0 bridgehead atoms. The summed E-state index contributed by atoms with van der Waals surface area (Å²) in [6, 6.07) is 7.23. The van der Waals surface area contributed by atoms with E-state index in [1.165, 1.54) is 11.3 Å². The number of nitrogens with one attached hydrogen (secondary N) is 1. The molecule has 18 heavy (non-hydrogen) atoms. The number of piperazine rings is 1. The van der Waals surface area contributed by atoms with Gasteiger partial charge in [0.1, 0.15) is 12.4 Å². The Labute approximate surface area is 109 Å². The first-order chi connectivity index (χ1) is 8.74. The molecule has 1 aromatic rings. The van der Waals surface area contributed by atoms with Gasteiger partial charge in [0.2, 0.25) is 0 Å². The van der Waals surface area contributed by atoms with Gasteiger partial charge in [-0.2, -0.15) is 0 Å². The highest BCUT2D eigenvalue weighted by Crippen LogP contribution is 2.35.